The van der Waals surface area contributed by atoms with Crippen molar-refractivity contribution in [3.05, 3.63) is 54.1 Å². The Balaban J connectivity index is 1.96. The molecule has 0 saturated carbocycles. The summed E-state index contributed by atoms with van der Waals surface area (Å²) in [7, 11) is -3.99. The zero-order valence-corrected chi connectivity index (χ0v) is 16.8. The second-order valence-corrected chi connectivity index (χ2v) is 7.82. The third-order valence-corrected chi connectivity index (χ3v) is 4.96. The molecule has 4 N–H and O–H groups in total. The number of amides is 3. The molecule has 29 heavy (non-hydrogen) atoms. The quantitative estimate of drug-likeness (QED) is 0.487. The number of carbonyl (C=O) groups excluding carboxylic acids is 3. The number of sulfonamides is 1. The van der Waals surface area contributed by atoms with Crippen LogP contribution in [0.15, 0.2) is 53.4 Å². The standard InChI is InChI=1S/C19H22N4O5S/c1-3-4-18(25)21-16-7-5-14(6-8-16)19(26)22-23-29(27,28)17-11-9-15(10-12-17)20-13(2)24/h5-12,23H,3-4H2,1-2H3,(H,20,24)(H,21,25)(H,22,26). The van der Waals surface area contributed by atoms with Crippen molar-refractivity contribution in [2.24, 2.45) is 0 Å². The van der Waals surface area contributed by atoms with Gasteiger partial charge in [0.15, 0.2) is 0 Å². The number of rotatable bonds is 8. The zero-order chi connectivity index (χ0) is 21.4. The van der Waals surface area contributed by atoms with E-state index in [4.69, 9.17) is 0 Å². The molecular formula is C19H22N4O5S. The molecule has 154 valence electrons. The van der Waals surface area contributed by atoms with E-state index in [1.165, 1.54) is 43.3 Å². The lowest BCUT2D eigenvalue weighted by Gasteiger charge is -2.10. The first-order valence-electron chi connectivity index (χ1n) is 8.81. The van der Waals surface area contributed by atoms with Crippen LogP contribution >= 0.6 is 0 Å². The Morgan fingerprint density at radius 3 is 1.97 bits per heavy atom. The molecule has 2 aromatic carbocycles. The van der Waals surface area contributed by atoms with Gasteiger partial charge >= 0.3 is 0 Å². The highest BCUT2D eigenvalue weighted by Gasteiger charge is 2.16. The van der Waals surface area contributed by atoms with Crippen LogP contribution in [-0.2, 0) is 19.6 Å². The van der Waals surface area contributed by atoms with Gasteiger partial charge in [0, 0.05) is 30.3 Å². The fourth-order valence-corrected chi connectivity index (χ4v) is 3.16. The minimum Gasteiger partial charge on any atom is -0.326 e. The van der Waals surface area contributed by atoms with Gasteiger partial charge in [-0.25, -0.2) is 8.42 Å². The van der Waals surface area contributed by atoms with Crippen molar-refractivity contribution in [1.82, 2.24) is 10.3 Å². The van der Waals surface area contributed by atoms with Gasteiger partial charge in [-0.3, -0.25) is 19.8 Å². The molecule has 0 atom stereocenters. The van der Waals surface area contributed by atoms with Crippen molar-refractivity contribution in [2.45, 2.75) is 31.6 Å². The van der Waals surface area contributed by atoms with E-state index < -0.39 is 15.9 Å². The van der Waals surface area contributed by atoms with Crippen LogP contribution in [-0.4, -0.2) is 26.1 Å². The summed E-state index contributed by atoms with van der Waals surface area (Å²) in [4.78, 5) is 36.7. The van der Waals surface area contributed by atoms with Gasteiger partial charge in [0.2, 0.25) is 11.8 Å². The predicted molar refractivity (Wildman–Crippen MR) is 109 cm³/mol. The van der Waals surface area contributed by atoms with E-state index in [1.54, 1.807) is 12.1 Å². The number of hydrazine groups is 1. The molecule has 0 heterocycles. The maximum Gasteiger partial charge on any atom is 0.266 e. The molecular weight excluding hydrogens is 396 g/mol. The van der Waals surface area contributed by atoms with Crippen LogP contribution in [0.3, 0.4) is 0 Å². The van der Waals surface area contributed by atoms with Gasteiger partial charge in [-0.2, -0.15) is 0 Å². The van der Waals surface area contributed by atoms with Crippen molar-refractivity contribution in [3.8, 4) is 0 Å². The Kier molecular flexibility index (Phi) is 7.46. The van der Waals surface area contributed by atoms with Crippen molar-refractivity contribution < 1.29 is 22.8 Å². The Hall–Kier alpha value is -3.24. The van der Waals surface area contributed by atoms with E-state index in [1.807, 2.05) is 11.8 Å². The van der Waals surface area contributed by atoms with Crippen molar-refractivity contribution in [2.75, 3.05) is 10.6 Å². The van der Waals surface area contributed by atoms with Crippen LogP contribution in [0, 0.1) is 0 Å². The van der Waals surface area contributed by atoms with Crippen LogP contribution in [0.5, 0.6) is 0 Å². The van der Waals surface area contributed by atoms with Gasteiger partial charge in [0.1, 0.15) is 0 Å². The Morgan fingerprint density at radius 2 is 1.41 bits per heavy atom. The molecule has 0 aliphatic rings. The van der Waals surface area contributed by atoms with E-state index in [9.17, 15) is 22.8 Å². The molecule has 3 amide bonds. The first kappa shape index (κ1) is 22.1. The van der Waals surface area contributed by atoms with Gasteiger partial charge in [-0.15, -0.1) is 4.83 Å². The Bertz CT molecular complexity index is 986. The number of nitrogens with one attached hydrogen (secondary N) is 4. The third-order valence-electron chi connectivity index (χ3n) is 3.69. The lowest BCUT2D eigenvalue weighted by Crippen LogP contribution is -2.41. The van der Waals surface area contributed by atoms with E-state index in [2.05, 4.69) is 16.1 Å². The molecule has 0 bridgehead atoms. The van der Waals surface area contributed by atoms with Gasteiger partial charge in [-0.1, -0.05) is 6.92 Å². The fraction of sp³-hybridized carbons (Fsp3) is 0.211. The predicted octanol–water partition coefficient (Wildman–Crippen LogP) is 2.01. The summed E-state index contributed by atoms with van der Waals surface area (Å²) in [6, 6.07) is 11.5. The summed E-state index contributed by atoms with van der Waals surface area (Å²) >= 11 is 0. The summed E-state index contributed by atoms with van der Waals surface area (Å²) in [5.41, 5.74) is 3.33. The summed E-state index contributed by atoms with van der Waals surface area (Å²) < 4.78 is 24.6. The van der Waals surface area contributed by atoms with E-state index in [0.29, 0.717) is 17.8 Å². The van der Waals surface area contributed by atoms with Crippen LogP contribution in [0.4, 0.5) is 11.4 Å². The normalized spacial score (nSPS) is 10.8. The first-order chi connectivity index (χ1) is 13.7. The lowest BCUT2D eigenvalue weighted by atomic mass is 10.2. The molecule has 2 rings (SSSR count). The highest BCUT2D eigenvalue weighted by atomic mass is 32.2. The molecule has 0 saturated heterocycles. The molecule has 0 aromatic heterocycles. The summed E-state index contributed by atoms with van der Waals surface area (Å²) in [5, 5.41) is 5.22. The lowest BCUT2D eigenvalue weighted by molar-refractivity contribution is -0.116. The number of hydrogen-bond acceptors (Lipinski definition) is 5. The van der Waals surface area contributed by atoms with Crippen molar-refractivity contribution >= 4 is 39.1 Å². The molecule has 9 nitrogen and oxygen atoms in total. The third kappa shape index (κ3) is 6.70. The summed E-state index contributed by atoms with van der Waals surface area (Å²) in [6.45, 7) is 3.23. The van der Waals surface area contributed by atoms with Crippen LogP contribution in [0.2, 0.25) is 0 Å². The van der Waals surface area contributed by atoms with Gasteiger partial charge in [0.05, 0.1) is 4.90 Å². The van der Waals surface area contributed by atoms with Gasteiger partial charge in [-0.05, 0) is 55.0 Å². The van der Waals surface area contributed by atoms with Crippen molar-refractivity contribution in [1.29, 1.82) is 0 Å². The SMILES string of the molecule is CCCC(=O)Nc1ccc(C(=O)NNS(=O)(=O)c2ccc(NC(C)=O)cc2)cc1. The Morgan fingerprint density at radius 1 is 0.862 bits per heavy atom. The average molecular weight is 418 g/mol. The maximum atomic E-state index is 12.3. The minimum atomic E-state index is -3.99. The van der Waals surface area contributed by atoms with Crippen molar-refractivity contribution in [3.63, 3.8) is 0 Å². The number of benzene rings is 2. The second kappa shape index (κ2) is 9.80. The maximum absolute atomic E-state index is 12.3. The first-order valence-corrected chi connectivity index (χ1v) is 10.3. The monoisotopic (exact) mass is 418 g/mol. The number of anilines is 2. The molecule has 0 unspecified atom stereocenters. The van der Waals surface area contributed by atoms with Gasteiger partial charge in [0.25, 0.3) is 15.9 Å². The van der Waals surface area contributed by atoms with Crippen LogP contribution < -0.4 is 20.9 Å². The van der Waals surface area contributed by atoms with Gasteiger partial charge < -0.3 is 10.6 Å². The van der Waals surface area contributed by atoms with E-state index in [-0.39, 0.29) is 22.3 Å². The molecule has 0 spiro atoms. The highest BCUT2D eigenvalue weighted by Crippen LogP contribution is 2.14. The van der Waals surface area contributed by atoms with E-state index in [0.717, 1.165) is 6.42 Å². The van der Waals surface area contributed by atoms with Crippen LogP contribution in [0.1, 0.15) is 37.0 Å². The zero-order valence-electron chi connectivity index (χ0n) is 16.0. The largest absolute Gasteiger partial charge is 0.326 e. The number of hydrogen-bond donors (Lipinski definition) is 4. The molecule has 0 radical (unpaired) electrons. The molecule has 0 aliphatic heterocycles. The molecule has 0 aliphatic carbocycles. The smallest absolute Gasteiger partial charge is 0.266 e. The minimum absolute atomic E-state index is 0.0825. The second-order valence-electron chi connectivity index (χ2n) is 6.14. The van der Waals surface area contributed by atoms with Crippen LogP contribution in [0.25, 0.3) is 0 Å². The molecule has 2 aromatic rings. The van der Waals surface area contributed by atoms with E-state index >= 15 is 0 Å². The number of carbonyl (C=O) groups is 3. The summed E-state index contributed by atoms with van der Waals surface area (Å²) in [6.07, 6.45) is 1.12. The average Bonchev–Trinajstić information content (AvgIpc) is 2.67. The summed E-state index contributed by atoms with van der Waals surface area (Å²) in [5.74, 6) is -1.06. The molecule has 10 heteroatoms. The fourth-order valence-electron chi connectivity index (χ4n) is 2.32. The Labute approximate surface area is 168 Å². The highest BCUT2D eigenvalue weighted by molar-refractivity contribution is 7.89. The molecule has 0 fully saturated rings. The topological polar surface area (TPSA) is 133 Å².